The van der Waals surface area contributed by atoms with Crippen LogP contribution < -0.4 is 5.73 Å². The lowest BCUT2D eigenvalue weighted by molar-refractivity contribution is -0.145. The minimum absolute atomic E-state index is 0.0852. The molecule has 0 aromatic carbocycles. The molecule has 2 heterocycles. The summed E-state index contributed by atoms with van der Waals surface area (Å²) in [5.41, 5.74) is 6.42. The van der Waals surface area contributed by atoms with Gasteiger partial charge in [0, 0.05) is 6.42 Å². The maximum atomic E-state index is 12.1. The molecule has 8 heteroatoms. The maximum Gasteiger partial charge on any atom is 0.342 e. The number of furan rings is 1. The molecule has 28 heavy (non-hydrogen) atoms. The Morgan fingerprint density at radius 2 is 1.93 bits per heavy atom. The maximum absolute atomic E-state index is 12.1. The summed E-state index contributed by atoms with van der Waals surface area (Å²) in [6.07, 6.45) is 7.46. The molecule has 152 valence electrons. The van der Waals surface area contributed by atoms with E-state index in [2.05, 4.69) is 9.97 Å². The lowest BCUT2D eigenvalue weighted by Gasteiger charge is -2.20. The number of hydrogen-bond donors (Lipinski definition) is 1. The molecule has 0 radical (unpaired) electrons. The molecule has 8 nitrogen and oxygen atoms in total. The number of rotatable bonds is 7. The molecule has 2 N–H and O–H groups in total. The van der Waals surface area contributed by atoms with Crippen LogP contribution >= 0.6 is 0 Å². The summed E-state index contributed by atoms with van der Waals surface area (Å²) in [5, 5.41) is 0.323. The van der Waals surface area contributed by atoms with Gasteiger partial charge in [-0.3, -0.25) is 4.79 Å². The molecule has 2 aromatic rings. The van der Waals surface area contributed by atoms with Gasteiger partial charge in [-0.15, -0.1) is 0 Å². The van der Waals surface area contributed by atoms with Crippen molar-refractivity contribution >= 4 is 28.9 Å². The molecule has 0 spiro atoms. The highest BCUT2D eigenvalue weighted by atomic mass is 16.5. The third-order valence-electron chi connectivity index (χ3n) is 5.13. The van der Waals surface area contributed by atoms with Crippen LogP contribution in [0.3, 0.4) is 0 Å². The van der Waals surface area contributed by atoms with Gasteiger partial charge in [-0.1, -0.05) is 32.1 Å². The SMILES string of the molecule is CCOC(=O)c1c(C)oc2nc(COC(=O)CCC3CCCCC3)nc(N)c12. The second kappa shape index (κ2) is 9.03. The van der Waals surface area contributed by atoms with Crippen molar-refractivity contribution in [2.24, 2.45) is 5.92 Å². The van der Waals surface area contributed by atoms with E-state index >= 15 is 0 Å². The molecule has 0 bridgehead atoms. The van der Waals surface area contributed by atoms with Crippen LogP contribution in [-0.4, -0.2) is 28.5 Å². The summed E-state index contributed by atoms with van der Waals surface area (Å²) >= 11 is 0. The number of nitrogens with zero attached hydrogens (tertiary/aromatic N) is 2. The first kappa shape index (κ1) is 20.1. The Hall–Kier alpha value is -2.64. The summed E-state index contributed by atoms with van der Waals surface area (Å²) in [6.45, 7) is 3.51. The largest absolute Gasteiger partial charge is 0.462 e. The van der Waals surface area contributed by atoms with E-state index < -0.39 is 5.97 Å². The minimum atomic E-state index is -0.532. The highest BCUT2D eigenvalue weighted by Crippen LogP contribution is 2.29. The molecule has 3 rings (SSSR count). The van der Waals surface area contributed by atoms with Crippen LogP contribution in [0.4, 0.5) is 5.82 Å². The Morgan fingerprint density at radius 3 is 2.64 bits per heavy atom. The van der Waals surface area contributed by atoms with Crippen molar-refractivity contribution in [2.45, 2.75) is 65.4 Å². The Balaban J connectivity index is 1.64. The third-order valence-corrected chi connectivity index (χ3v) is 5.13. The standard InChI is InChI=1S/C20H27N3O5/c1-3-26-20(25)16-12(2)28-19-17(16)18(21)22-14(23-19)11-27-15(24)10-9-13-7-5-4-6-8-13/h13H,3-11H2,1-2H3,(H2,21,22,23). The van der Waals surface area contributed by atoms with Crippen LogP contribution in [0.5, 0.6) is 0 Å². The third kappa shape index (κ3) is 4.61. The molecule has 0 saturated heterocycles. The molecule has 1 saturated carbocycles. The quantitative estimate of drug-likeness (QED) is 0.712. The van der Waals surface area contributed by atoms with Crippen molar-refractivity contribution in [1.82, 2.24) is 9.97 Å². The normalized spacial score (nSPS) is 14.9. The van der Waals surface area contributed by atoms with Crippen molar-refractivity contribution in [3.8, 4) is 0 Å². The molecule has 0 aliphatic heterocycles. The molecule has 0 unspecified atom stereocenters. The molecule has 0 amide bonds. The summed E-state index contributed by atoms with van der Waals surface area (Å²) in [5.74, 6) is 0.512. The summed E-state index contributed by atoms with van der Waals surface area (Å²) in [6, 6.07) is 0. The fraction of sp³-hybridized carbons (Fsp3) is 0.600. The number of nitrogen functional groups attached to an aromatic ring is 1. The Morgan fingerprint density at radius 1 is 1.18 bits per heavy atom. The minimum Gasteiger partial charge on any atom is -0.462 e. The lowest BCUT2D eigenvalue weighted by atomic mass is 9.86. The van der Waals surface area contributed by atoms with Crippen molar-refractivity contribution in [1.29, 1.82) is 0 Å². The van der Waals surface area contributed by atoms with Gasteiger partial charge in [0.05, 0.1) is 12.0 Å². The smallest absolute Gasteiger partial charge is 0.342 e. The summed E-state index contributed by atoms with van der Waals surface area (Å²) in [4.78, 5) is 32.6. The topological polar surface area (TPSA) is 118 Å². The number of hydrogen-bond acceptors (Lipinski definition) is 8. The van der Waals surface area contributed by atoms with E-state index in [9.17, 15) is 9.59 Å². The number of nitrogens with two attached hydrogens (primary N) is 1. The zero-order valence-corrected chi connectivity index (χ0v) is 16.5. The van der Waals surface area contributed by atoms with Crippen molar-refractivity contribution in [3.05, 3.63) is 17.1 Å². The molecule has 1 fully saturated rings. The first-order valence-corrected chi connectivity index (χ1v) is 9.87. The number of aryl methyl sites for hydroxylation is 1. The van der Waals surface area contributed by atoms with E-state index in [1.165, 1.54) is 32.1 Å². The van der Waals surface area contributed by atoms with Gasteiger partial charge in [0.2, 0.25) is 5.71 Å². The van der Waals surface area contributed by atoms with Gasteiger partial charge in [-0.25, -0.2) is 9.78 Å². The molecule has 0 atom stereocenters. The Kier molecular flexibility index (Phi) is 6.49. The van der Waals surface area contributed by atoms with Crippen molar-refractivity contribution < 1.29 is 23.5 Å². The first-order valence-electron chi connectivity index (χ1n) is 9.87. The van der Waals surface area contributed by atoms with Gasteiger partial charge >= 0.3 is 11.9 Å². The second-order valence-corrected chi connectivity index (χ2v) is 7.16. The number of carbonyl (C=O) groups excluding carboxylic acids is 2. The van der Waals surface area contributed by atoms with Gasteiger partial charge in [0.15, 0.2) is 12.4 Å². The molecule has 2 aromatic heterocycles. The number of anilines is 1. The molecule has 1 aliphatic rings. The van der Waals surface area contributed by atoms with Gasteiger partial charge in [-0.05, 0) is 26.2 Å². The zero-order valence-electron chi connectivity index (χ0n) is 16.5. The van der Waals surface area contributed by atoms with E-state index in [0.29, 0.717) is 23.5 Å². The average molecular weight is 389 g/mol. The van der Waals surface area contributed by atoms with Gasteiger partial charge < -0.3 is 19.6 Å². The van der Waals surface area contributed by atoms with Crippen LogP contribution in [0.25, 0.3) is 11.1 Å². The number of aromatic nitrogens is 2. The van der Waals surface area contributed by atoms with Gasteiger partial charge in [-0.2, -0.15) is 4.98 Å². The zero-order chi connectivity index (χ0) is 20.1. The predicted octanol–water partition coefficient (Wildman–Crippen LogP) is 3.69. The molecular formula is C20H27N3O5. The van der Waals surface area contributed by atoms with E-state index in [1.54, 1.807) is 13.8 Å². The number of esters is 2. The van der Waals surface area contributed by atoms with E-state index in [0.717, 1.165) is 6.42 Å². The van der Waals surface area contributed by atoms with E-state index in [4.69, 9.17) is 19.6 Å². The number of carbonyl (C=O) groups is 2. The Bertz CT molecular complexity index is 855. The van der Waals surface area contributed by atoms with Crippen LogP contribution in [0.2, 0.25) is 0 Å². The second-order valence-electron chi connectivity index (χ2n) is 7.16. The fourth-order valence-corrected chi connectivity index (χ4v) is 3.71. The van der Waals surface area contributed by atoms with Gasteiger partial charge in [0.1, 0.15) is 17.1 Å². The van der Waals surface area contributed by atoms with Crippen LogP contribution in [-0.2, 0) is 20.9 Å². The van der Waals surface area contributed by atoms with Crippen LogP contribution in [0.1, 0.15) is 73.8 Å². The van der Waals surface area contributed by atoms with Crippen molar-refractivity contribution in [2.75, 3.05) is 12.3 Å². The first-order chi connectivity index (χ1) is 13.5. The highest BCUT2D eigenvalue weighted by molar-refractivity contribution is 6.07. The number of ether oxygens (including phenoxy) is 2. The average Bonchev–Trinajstić information content (AvgIpc) is 3.02. The van der Waals surface area contributed by atoms with Crippen LogP contribution in [0.15, 0.2) is 4.42 Å². The van der Waals surface area contributed by atoms with E-state index in [1.807, 2.05) is 0 Å². The predicted molar refractivity (Wildman–Crippen MR) is 103 cm³/mol. The molecule has 1 aliphatic carbocycles. The molecular weight excluding hydrogens is 362 g/mol. The monoisotopic (exact) mass is 389 g/mol. The van der Waals surface area contributed by atoms with Crippen LogP contribution in [0, 0.1) is 12.8 Å². The lowest BCUT2D eigenvalue weighted by Crippen LogP contribution is -2.12. The summed E-state index contributed by atoms with van der Waals surface area (Å²) in [7, 11) is 0. The number of fused-ring (bicyclic) bond motifs is 1. The highest BCUT2D eigenvalue weighted by Gasteiger charge is 2.24. The Labute approximate surface area is 163 Å². The summed E-state index contributed by atoms with van der Waals surface area (Å²) < 4.78 is 15.9. The fourth-order valence-electron chi connectivity index (χ4n) is 3.71. The van der Waals surface area contributed by atoms with Crippen molar-refractivity contribution in [3.63, 3.8) is 0 Å². The van der Waals surface area contributed by atoms with Gasteiger partial charge in [0.25, 0.3) is 0 Å². The van der Waals surface area contributed by atoms with E-state index in [-0.39, 0.29) is 42.1 Å².